The van der Waals surface area contributed by atoms with Crippen LogP contribution in [0.5, 0.6) is 5.75 Å². The number of benzene rings is 2. The van der Waals surface area contributed by atoms with Gasteiger partial charge in [0.25, 0.3) is 0 Å². The maximum atomic E-state index is 9.14. The van der Waals surface area contributed by atoms with Gasteiger partial charge in [-0.2, -0.15) is 0 Å². The summed E-state index contributed by atoms with van der Waals surface area (Å²) in [6, 6.07) is 14.0. The molecule has 17 heavy (non-hydrogen) atoms. The number of rotatable bonds is 3. The molecule has 2 heteroatoms. The minimum absolute atomic E-state index is 0.0663. The molecule has 0 amide bonds. The molecule has 0 radical (unpaired) electrons. The standard InChI is InChI=1S/C15H16O2/c1-11-6-14(9-15(7-11)17-2)13-5-3-4-12(8-13)10-16/h3-9,16H,10H2,1-2H3. The molecule has 0 heterocycles. The Morgan fingerprint density at radius 1 is 1.06 bits per heavy atom. The van der Waals surface area contributed by atoms with Gasteiger partial charge in [-0.15, -0.1) is 0 Å². The lowest BCUT2D eigenvalue weighted by Crippen LogP contribution is -1.88. The third kappa shape index (κ3) is 2.66. The minimum Gasteiger partial charge on any atom is -0.497 e. The number of aliphatic hydroxyl groups excluding tert-OH is 1. The first-order valence-electron chi connectivity index (χ1n) is 5.59. The molecule has 2 rings (SSSR count). The number of aliphatic hydroxyl groups is 1. The molecule has 88 valence electrons. The number of methoxy groups -OCH3 is 1. The monoisotopic (exact) mass is 228 g/mol. The van der Waals surface area contributed by atoms with Gasteiger partial charge < -0.3 is 9.84 Å². The lowest BCUT2D eigenvalue weighted by atomic mass is 10.0. The van der Waals surface area contributed by atoms with E-state index in [4.69, 9.17) is 9.84 Å². The van der Waals surface area contributed by atoms with E-state index in [0.717, 1.165) is 28.0 Å². The predicted octanol–water partition coefficient (Wildman–Crippen LogP) is 3.16. The molecule has 0 aliphatic rings. The van der Waals surface area contributed by atoms with E-state index < -0.39 is 0 Å². The molecule has 2 nitrogen and oxygen atoms in total. The smallest absolute Gasteiger partial charge is 0.119 e. The molecule has 0 aliphatic carbocycles. The summed E-state index contributed by atoms with van der Waals surface area (Å²) in [5, 5.41) is 9.14. The topological polar surface area (TPSA) is 29.5 Å². The van der Waals surface area contributed by atoms with Gasteiger partial charge in [-0.1, -0.05) is 24.3 Å². The van der Waals surface area contributed by atoms with Crippen molar-refractivity contribution < 1.29 is 9.84 Å². The quantitative estimate of drug-likeness (QED) is 0.874. The molecule has 1 N–H and O–H groups in total. The molecule has 2 aromatic rings. The summed E-state index contributed by atoms with van der Waals surface area (Å²) >= 11 is 0. The van der Waals surface area contributed by atoms with Crippen molar-refractivity contribution in [1.29, 1.82) is 0 Å². The first kappa shape index (κ1) is 11.7. The van der Waals surface area contributed by atoms with Crippen molar-refractivity contribution in [2.45, 2.75) is 13.5 Å². The summed E-state index contributed by atoms with van der Waals surface area (Å²) in [4.78, 5) is 0. The Morgan fingerprint density at radius 2 is 1.88 bits per heavy atom. The van der Waals surface area contributed by atoms with Crippen LogP contribution in [0, 0.1) is 6.92 Å². The van der Waals surface area contributed by atoms with Crippen LogP contribution >= 0.6 is 0 Å². The van der Waals surface area contributed by atoms with Gasteiger partial charge in [0.15, 0.2) is 0 Å². The van der Waals surface area contributed by atoms with Crippen LogP contribution in [0.3, 0.4) is 0 Å². The van der Waals surface area contributed by atoms with E-state index in [2.05, 4.69) is 6.07 Å². The van der Waals surface area contributed by atoms with Gasteiger partial charge in [-0.25, -0.2) is 0 Å². The van der Waals surface area contributed by atoms with Crippen molar-refractivity contribution in [1.82, 2.24) is 0 Å². The lowest BCUT2D eigenvalue weighted by Gasteiger charge is -2.08. The highest BCUT2D eigenvalue weighted by atomic mass is 16.5. The molecule has 0 saturated heterocycles. The normalized spacial score (nSPS) is 10.3. The predicted molar refractivity (Wildman–Crippen MR) is 69.1 cm³/mol. The SMILES string of the molecule is COc1cc(C)cc(-c2cccc(CO)c2)c1. The maximum absolute atomic E-state index is 9.14. The first-order valence-corrected chi connectivity index (χ1v) is 5.59. The molecule has 2 aromatic carbocycles. The Bertz CT molecular complexity index is 518. The van der Waals surface area contributed by atoms with Crippen LogP contribution < -0.4 is 4.74 Å². The van der Waals surface area contributed by atoms with Crippen molar-refractivity contribution in [3.05, 3.63) is 53.6 Å². The van der Waals surface area contributed by atoms with Crippen molar-refractivity contribution in [3.63, 3.8) is 0 Å². The van der Waals surface area contributed by atoms with E-state index in [0.29, 0.717) is 0 Å². The van der Waals surface area contributed by atoms with Crippen LogP contribution in [-0.2, 0) is 6.61 Å². The van der Waals surface area contributed by atoms with E-state index in [1.807, 2.05) is 43.3 Å². The summed E-state index contributed by atoms with van der Waals surface area (Å²) in [6.45, 7) is 2.11. The Labute approximate surface area is 101 Å². The zero-order chi connectivity index (χ0) is 12.3. The van der Waals surface area contributed by atoms with E-state index in [-0.39, 0.29) is 6.61 Å². The zero-order valence-electron chi connectivity index (χ0n) is 10.1. The molecule has 0 spiro atoms. The van der Waals surface area contributed by atoms with Gasteiger partial charge in [0, 0.05) is 0 Å². The average molecular weight is 228 g/mol. The van der Waals surface area contributed by atoms with Crippen LogP contribution in [0.2, 0.25) is 0 Å². The maximum Gasteiger partial charge on any atom is 0.119 e. The molecular formula is C15H16O2. The van der Waals surface area contributed by atoms with Gasteiger partial charge in [-0.05, 0) is 47.4 Å². The molecule has 0 atom stereocenters. The lowest BCUT2D eigenvalue weighted by molar-refractivity contribution is 0.282. The van der Waals surface area contributed by atoms with Gasteiger partial charge in [0.2, 0.25) is 0 Å². The summed E-state index contributed by atoms with van der Waals surface area (Å²) in [7, 11) is 1.67. The van der Waals surface area contributed by atoms with Crippen molar-refractivity contribution >= 4 is 0 Å². The molecule has 0 bridgehead atoms. The van der Waals surface area contributed by atoms with Crippen LogP contribution in [-0.4, -0.2) is 12.2 Å². The highest BCUT2D eigenvalue weighted by molar-refractivity contribution is 5.66. The second-order valence-electron chi connectivity index (χ2n) is 4.10. The van der Waals surface area contributed by atoms with E-state index >= 15 is 0 Å². The Morgan fingerprint density at radius 3 is 2.59 bits per heavy atom. The number of aryl methyl sites for hydroxylation is 1. The summed E-state index contributed by atoms with van der Waals surface area (Å²) in [5.74, 6) is 0.856. The fraction of sp³-hybridized carbons (Fsp3) is 0.200. The Balaban J connectivity index is 2.47. The molecule has 0 aliphatic heterocycles. The fourth-order valence-electron chi connectivity index (χ4n) is 1.88. The molecule has 0 fully saturated rings. The Hall–Kier alpha value is -1.80. The third-order valence-electron chi connectivity index (χ3n) is 2.73. The van der Waals surface area contributed by atoms with Crippen molar-refractivity contribution in [3.8, 4) is 16.9 Å². The average Bonchev–Trinajstić information content (AvgIpc) is 2.38. The van der Waals surface area contributed by atoms with E-state index in [9.17, 15) is 0 Å². The number of hydrogen-bond donors (Lipinski definition) is 1. The van der Waals surface area contributed by atoms with Gasteiger partial charge >= 0.3 is 0 Å². The van der Waals surface area contributed by atoms with Crippen LogP contribution in [0.4, 0.5) is 0 Å². The van der Waals surface area contributed by atoms with Crippen LogP contribution in [0.1, 0.15) is 11.1 Å². The van der Waals surface area contributed by atoms with Gasteiger partial charge in [0.05, 0.1) is 13.7 Å². The molecule has 0 aromatic heterocycles. The largest absolute Gasteiger partial charge is 0.497 e. The minimum atomic E-state index is 0.0663. The molecule has 0 unspecified atom stereocenters. The summed E-state index contributed by atoms with van der Waals surface area (Å²) in [5.41, 5.74) is 4.28. The molecule has 0 saturated carbocycles. The third-order valence-corrected chi connectivity index (χ3v) is 2.73. The first-order chi connectivity index (χ1) is 8.22. The summed E-state index contributed by atoms with van der Waals surface area (Å²) in [6.07, 6.45) is 0. The number of ether oxygens (including phenoxy) is 1. The second-order valence-corrected chi connectivity index (χ2v) is 4.10. The highest BCUT2D eigenvalue weighted by Crippen LogP contribution is 2.26. The summed E-state index contributed by atoms with van der Waals surface area (Å²) < 4.78 is 5.26. The van der Waals surface area contributed by atoms with Crippen LogP contribution in [0.25, 0.3) is 11.1 Å². The number of hydrogen-bond acceptors (Lipinski definition) is 2. The van der Waals surface area contributed by atoms with Crippen LogP contribution in [0.15, 0.2) is 42.5 Å². The molecular weight excluding hydrogens is 212 g/mol. The van der Waals surface area contributed by atoms with Gasteiger partial charge in [-0.3, -0.25) is 0 Å². The van der Waals surface area contributed by atoms with E-state index in [1.165, 1.54) is 0 Å². The Kier molecular flexibility index (Phi) is 3.45. The van der Waals surface area contributed by atoms with Gasteiger partial charge in [0.1, 0.15) is 5.75 Å². The van der Waals surface area contributed by atoms with Crippen molar-refractivity contribution in [2.24, 2.45) is 0 Å². The fourth-order valence-corrected chi connectivity index (χ4v) is 1.88. The van der Waals surface area contributed by atoms with E-state index in [1.54, 1.807) is 7.11 Å². The zero-order valence-corrected chi connectivity index (χ0v) is 10.1. The second kappa shape index (κ2) is 5.02. The van der Waals surface area contributed by atoms with Crippen molar-refractivity contribution in [2.75, 3.05) is 7.11 Å². The highest BCUT2D eigenvalue weighted by Gasteiger charge is 2.02.